The Labute approximate surface area is 104 Å². The van der Waals surface area contributed by atoms with Crippen LogP contribution in [0, 0.1) is 0 Å². The Kier molecular flexibility index (Phi) is 4.94. The molecule has 0 aromatic rings. The molecular weight excluding hydrogens is 240 g/mol. The van der Waals surface area contributed by atoms with Crippen molar-refractivity contribution in [1.29, 1.82) is 0 Å². The van der Waals surface area contributed by atoms with Crippen molar-refractivity contribution in [2.45, 2.75) is 51.6 Å². The maximum Gasteiger partial charge on any atom is 0.238 e. The molecule has 17 heavy (non-hydrogen) atoms. The smallest absolute Gasteiger partial charge is 0.238 e. The summed E-state index contributed by atoms with van der Waals surface area (Å²) in [4.78, 5) is 12.0. The fraction of sp³-hybridized carbons (Fsp3) is 0.909. The zero-order valence-corrected chi connectivity index (χ0v) is 11.6. The molecule has 5 nitrogen and oxygen atoms in total. The first kappa shape index (κ1) is 14.4. The molecule has 1 aliphatic heterocycles. The van der Waals surface area contributed by atoms with Crippen molar-refractivity contribution in [3.63, 3.8) is 0 Å². The van der Waals surface area contributed by atoms with Crippen LogP contribution in [0.5, 0.6) is 0 Å². The van der Waals surface area contributed by atoms with Crippen LogP contribution in [0.4, 0.5) is 0 Å². The normalized spacial score (nSPS) is 22.0. The molecule has 1 amide bonds. The zero-order chi connectivity index (χ0) is 13.1. The van der Waals surface area contributed by atoms with E-state index in [2.05, 4.69) is 5.32 Å². The van der Waals surface area contributed by atoms with E-state index in [-0.39, 0.29) is 11.9 Å². The van der Waals surface area contributed by atoms with Gasteiger partial charge in [0.2, 0.25) is 15.9 Å². The summed E-state index contributed by atoms with van der Waals surface area (Å²) in [6.07, 6.45) is 4.28. The van der Waals surface area contributed by atoms with Gasteiger partial charge in [-0.25, -0.2) is 8.42 Å². The predicted molar refractivity (Wildman–Crippen MR) is 67.1 cm³/mol. The molecule has 1 unspecified atom stereocenters. The highest BCUT2D eigenvalue weighted by Crippen LogP contribution is 2.20. The molecule has 1 aliphatic rings. The number of carbonyl (C=O) groups excluding carboxylic acids is 1. The Morgan fingerprint density at radius 3 is 2.47 bits per heavy atom. The Morgan fingerprint density at radius 1 is 1.41 bits per heavy atom. The second-order valence-corrected chi connectivity index (χ2v) is 6.49. The maximum absolute atomic E-state index is 12.0. The van der Waals surface area contributed by atoms with Gasteiger partial charge in [-0.3, -0.25) is 4.79 Å². The molecule has 1 rings (SSSR count). The van der Waals surface area contributed by atoms with Crippen molar-refractivity contribution in [3.05, 3.63) is 0 Å². The molecular formula is C11H22N2O3S. The highest BCUT2D eigenvalue weighted by molar-refractivity contribution is 7.88. The van der Waals surface area contributed by atoms with E-state index in [1.54, 1.807) is 0 Å². The molecule has 0 bridgehead atoms. The Hall–Kier alpha value is -0.620. The standard InChI is InChI=1S/C11H22N2O3S/c1-4-9(5-2)12-11(14)10-7-6-8-13(10)17(3,15)16/h9-10H,4-8H2,1-3H3,(H,12,14). The minimum atomic E-state index is -3.27. The summed E-state index contributed by atoms with van der Waals surface area (Å²) in [6, 6.07) is -0.366. The van der Waals surface area contributed by atoms with Crippen molar-refractivity contribution < 1.29 is 13.2 Å². The lowest BCUT2D eigenvalue weighted by atomic mass is 10.1. The first-order chi connectivity index (χ1) is 7.90. The molecule has 0 aliphatic carbocycles. The molecule has 1 fully saturated rings. The number of carbonyl (C=O) groups is 1. The topological polar surface area (TPSA) is 66.5 Å². The summed E-state index contributed by atoms with van der Waals surface area (Å²) < 4.78 is 24.3. The Balaban J connectivity index is 2.69. The summed E-state index contributed by atoms with van der Waals surface area (Å²) in [7, 11) is -3.27. The van der Waals surface area contributed by atoms with Gasteiger partial charge < -0.3 is 5.32 Å². The van der Waals surface area contributed by atoms with Gasteiger partial charge in [0.15, 0.2) is 0 Å². The van der Waals surface area contributed by atoms with Gasteiger partial charge >= 0.3 is 0 Å². The van der Waals surface area contributed by atoms with E-state index in [1.165, 1.54) is 4.31 Å². The fourth-order valence-corrected chi connectivity index (χ4v) is 3.31. The maximum atomic E-state index is 12.0. The van der Waals surface area contributed by atoms with Gasteiger partial charge in [-0.05, 0) is 25.7 Å². The SMILES string of the molecule is CCC(CC)NC(=O)C1CCCN1S(C)(=O)=O. The number of nitrogens with zero attached hydrogens (tertiary/aromatic N) is 1. The fourth-order valence-electron chi connectivity index (χ4n) is 2.19. The lowest BCUT2D eigenvalue weighted by molar-refractivity contribution is -0.124. The minimum Gasteiger partial charge on any atom is -0.352 e. The summed E-state index contributed by atoms with van der Waals surface area (Å²) in [5.74, 6) is -0.151. The average molecular weight is 262 g/mol. The first-order valence-corrected chi connectivity index (χ1v) is 8.02. The van der Waals surface area contributed by atoms with Gasteiger partial charge in [0.05, 0.1) is 6.26 Å². The van der Waals surface area contributed by atoms with E-state index >= 15 is 0 Å². The van der Waals surface area contributed by atoms with Gasteiger partial charge in [-0.1, -0.05) is 13.8 Å². The zero-order valence-electron chi connectivity index (χ0n) is 10.8. The highest BCUT2D eigenvalue weighted by atomic mass is 32.2. The van der Waals surface area contributed by atoms with E-state index < -0.39 is 16.1 Å². The summed E-state index contributed by atoms with van der Waals surface area (Å²) >= 11 is 0. The lowest BCUT2D eigenvalue weighted by Gasteiger charge is -2.24. The third kappa shape index (κ3) is 3.67. The van der Waals surface area contributed by atoms with E-state index in [0.717, 1.165) is 25.5 Å². The van der Waals surface area contributed by atoms with Crippen molar-refractivity contribution >= 4 is 15.9 Å². The minimum absolute atomic E-state index is 0.143. The quantitative estimate of drug-likeness (QED) is 0.793. The van der Waals surface area contributed by atoms with E-state index in [9.17, 15) is 13.2 Å². The van der Waals surface area contributed by atoms with Crippen LogP contribution in [0.2, 0.25) is 0 Å². The molecule has 1 N–H and O–H groups in total. The van der Waals surface area contributed by atoms with E-state index in [0.29, 0.717) is 13.0 Å². The van der Waals surface area contributed by atoms with Gasteiger partial charge in [0.1, 0.15) is 6.04 Å². The molecule has 0 spiro atoms. The summed E-state index contributed by atoms with van der Waals surface area (Å²) in [5.41, 5.74) is 0. The van der Waals surface area contributed by atoms with Crippen LogP contribution < -0.4 is 5.32 Å². The summed E-state index contributed by atoms with van der Waals surface area (Å²) in [5, 5.41) is 2.92. The molecule has 1 saturated heterocycles. The third-order valence-electron chi connectivity index (χ3n) is 3.26. The van der Waals surface area contributed by atoms with E-state index in [4.69, 9.17) is 0 Å². The molecule has 1 atom stereocenters. The van der Waals surface area contributed by atoms with Crippen molar-refractivity contribution in [2.24, 2.45) is 0 Å². The number of rotatable bonds is 5. The van der Waals surface area contributed by atoms with Gasteiger partial charge in [-0.2, -0.15) is 4.31 Å². The molecule has 0 radical (unpaired) electrons. The summed E-state index contributed by atoms with van der Waals surface area (Å²) in [6.45, 7) is 4.48. The van der Waals surface area contributed by atoms with Crippen LogP contribution in [-0.4, -0.2) is 43.5 Å². The van der Waals surface area contributed by atoms with Gasteiger partial charge in [-0.15, -0.1) is 0 Å². The van der Waals surface area contributed by atoms with Crippen molar-refractivity contribution in [2.75, 3.05) is 12.8 Å². The molecule has 1 heterocycles. The molecule has 6 heteroatoms. The number of amides is 1. The van der Waals surface area contributed by atoms with Crippen LogP contribution in [0.15, 0.2) is 0 Å². The van der Waals surface area contributed by atoms with Crippen LogP contribution >= 0.6 is 0 Å². The number of hydrogen-bond acceptors (Lipinski definition) is 3. The van der Waals surface area contributed by atoms with Crippen LogP contribution in [0.25, 0.3) is 0 Å². The van der Waals surface area contributed by atoms with E-state index in [1.807, 2.05) is 13.8 Å². The highest BCUT2D eigenvalue weighted by Gasteiger charge is 2.36. The number of sulfonamides is 1. The van der Waals surface area contributed by atoms with Crippen LogP contribution in [-0.2, 0) is 14.8 Å². The largest absolute Gasteiger partial charge is 0.352 e. The molecule has 100 valence electrons. The monoisotopic (exact) mass is 262 g/mol. The number of nitrogens with one attached hydrogen (secondary N) is 1. The van der Waals surface area contributed by atoms with Crippen LogP contribution in [0.1, 0.15) is 39.5 Å². The predicted octanol–water partition coefficient (Wildman–Crippen LogP) is 0.715. The Bertz CT molecular complexity index is 363. The van der Waals surface area contributed by atoms with Crippen molar-refractivity contribution in [1.82, 2.24) is 9.62 Å². The van der Waals surface area contributed by atoms with Crippen LogP contribution in [0.3, 0.4) is 0 Å². The molecule has 0 aromatic heterocycles. The van der Waals surface area contributed by atoms with Crippen molar-refractivity contribution in [3.8, 4) is 0 Å². The Morgan fingerprint density at radius 2 is 2.00 bits per heavy atom. The second-order valence-electron chi connectivity index (χ2n) is 4.55. The lowest BCUT2D eigenvalue weighted by Crippen LogP contribution is -2.48. The second kappa shape index (κ2) is 5.82. The first-order valence-electron chi connectivity index (χ1n) is 6.17. The number of hydrogen-bond donors (Lipinski definition) is 1. The third-order valence-corrected chi connectivity index (χ3v) is 4.55. The van der Waals surface area contributed by atoms with Gasteiger partial charge in [0, 0.05) is 12.6 Å². The molecule has 0 aromatic carbocycles. The van der Waals surface area contributed by atoms with Gasteiger partial charge in [0.25, 0.3) is 0 Å². The average Bonchev–Trinajstić information content (AvgIpc) is 2.73. The molecule has 0 saturated carbocycles.